The first-order chi connectivity index (χ1) is 4.13. The molecular formula is C5H8FO3W2-. The van der Waals surface area contributed by atoms with Crippen molar-refractivity contribution in [1.82, 2.24) is 0 Å². The van der Waals surface area contributed by atoms with E-state index in [1.807, 2.05) is 0 Å². The summed E-state index contributed by atoms with van der Waals surface area (Å²) in [5.41, 5.74) is 0. The predicted molar refractivity (Wildman–Crippen MR) is 28.1 cm³/mol. The molecule has 0 aromatic carbocycles. The first kappa shape index (κ1) is 17.7. The zero-order valence-electron chi connectivity index (χ0n) is 6.07. The average molecular weight is 503 g/mol. The van der Waals surface area contributed by atoms with E-state index in [0.717, 1.165) is 0 Å². The van der Waals surface area contributed by atoms with Gasteiger partial charge in [-0.2, -0.15) is 0 Å². The Kier molecular flexibility index (Phi) is 17.3. The van der Waals surface area contributed by atoms with Gasteiger partial charge >= 0.3 is 6.22 Å². The van der Waals surface area contributed by atoms with Gasteiger partial charge in [0.1, 0.15) is 0 Å². The third-order valence-electron chi connectivity index (χ3n) is 0.468. The number of halogens is 1. The predicted octanol–water partition coefficient (Wildman–Crippen LogP) is 1.63. The second kappa shape index (κ2) is 10.7. The molecule has 0 aliphatic heterocycles. The summed E-state index contributed by atoms with van der Waals surface area (Å²) < 4.78 is 19.4. The van der Waals surface area contributed by atoms with Crippen LogP contribution in [0.5, 0.6) is 0 Å². The number of hydrogen-bond acceptors (Lipinski definition) is 3. The second-order valence-electron chi connectivity index (χ2n) is 1.64. The van der Waals surface area contributed by atoms with Crippen molar-refractivity contribution in [2.45, 2.75) is 20.0 Å². The van der Waals surface area contributed by atoms with Crippen molar-refractivity contribution >= 4 is 6.22 Å². The molecule has 0 unspecified atom stereocenters. The fourth-order valence-corrected chi connectivity index (χ4v) is 0.177. The van der Waals surface area contributed by atoms with Gasteiger partial charge in [-0.3, -0.25) is 0 Å². The molecule has 0 bridgehead atoms. The number of rotatable bonds is 3. The molecule has 0 saturated carbocycles. The summed E-state index contributed by atoms with van der Waals surface area (Å²) in [6, 6.07) is 0. The number of ether oxygens (including phenoxy) is 2. The fourth-order valence-electron chi connectivity index (χ4n) is 0.177. The van der Waals surface area contributed by atoms with Crippen molar-refractivity contribution in [3.63, 3.8) is 0 Å². The van der Waals surface area contributed by atoms with Gasteiger partial charge in [-0.1, -0.05) is 0 Å². The molecule has 0 rings (SSSR count). The molecule has 66 valence electrons. The summed E-state index contributed by atoms with van der Waals surface area (Å²) in [5, 5.41) is 0. The Morgan fingerprint density at radius 1 is 1.45 bits per heavy atom. The van der Waals surface area contributed by atoms with E-state index in [0.29, 0.717) is 6.79 Å². The van der Waals surface area contributed by atoms with Gasteiger partial charge in [-0.25, -0.2) is 4.79 Å². The van der Waals surface area contributed by atoms with Gasteiger partial charge in [0, 0.05) is 48.2 Å². The number of hydrogen-bond donors (Lipinski definition) is 0. The summed E-state index contributed by atoms with van der Waals surface area (Å²) in [6.07, 6.45) is -1.97. The maximum absolute atomic E-state index is 11.2. The Morgan fingerprint density at radius 3 is 2.18 bits per heavy atom. The SMILES string of the molecule is CC(C)O[CH-]OC(=O)F.[W].[W]. The van der Waals surface area contributed by atoms with Gasteiger partial charge in [0.2, 0.25) is 0 Å². The molecule has 0 aliphatic rings. The van der Waals surface area contributed by atoms with Crippen LogP contribution in [0.25, 0.3) is 0 Å². The average Bonchev–Trinajstić information content (AvgIpc) is 1.63. The first-order valence-corrected chi connectivity index (χ1v) is 2.46. The van der Waals surface area contributed by atoms with Crippen LogP contribution in [0.1, 0.15) is 13.8 Å². The Labute approximate surface area is 93.5 Å². The maximum atomic E-state index is 11.2. The quantitative estimate of drug-likeness (QED) is 0.435. The van der Waals surface area contributed by atoms with E-state index in [1.54, 1.807) is 13.8 Å². The largest absolute Gasteiger partial charge is 0.585 e. The van der Waals surface area contributed by atoms with Crippen molar-refractivity contribution in [1.29, 1.82) is 0 Å². The van der Waals surface area contributed by atoms with Crippen LogP contribution < -0.4 is 0 Å². The van der Waals surface area contributed by atoms with Crippen LogP contribution in [0.3, 0.4) is 0 Å². The van der Waals surface area contributed by atoms with Crippen LogP contribution in [0.2, 0.25) is 0 Å². The van der Waals surface area contributed by atoms with E-state index in [-0.39, 0.29) is 48.2 Å². The summed E-state index contributed by atoms with van der Waals surface area (Å²) in [5.74, 6) is 0. The molecule has 0 spiro atoms. The molecule has 0 aromatic heterocycles. The molecule has 0 N–H and O–H groups in total. The molecule has 3 nitrogen and oxygen atoms in total. The van der Waals surface area contributed by atoms with Crippen molar-refractivity contribution in [2.75, 3.05) is 0 Å². The molecule has 11 heavy (non-hydrogen) atoms. The molecule has 0 heterocycles. The summed E-state index contributed by atoms with van der Waals surface area (Å²) >= 11 is 0. The van der Waals surface area contributed by atoms with E-state index in [4.69, 9.17) is 0 Å². The monoisotopic (exact) mass is 503 g/mol. The third-order valence-corrected chi connectivity index (χ3v) is 0.468. The summed E-state index contributed by atoms with van der Waals surface area (Å²) in [4.78, 5) is 9.43. The van der Waals surface area contributed by atoms with Crippen molar-refractivity contribution in [3.8, 4) is 0 Å². The molecule has 0 atom stereocenters. The van der Waals surface area contributed by atoms with E-state index < -0.39 is 6.22 Å². The van der Waals surface area contributed by atoms with Crippen LogP contribution in [-0.4, -0.2) is 12.3 Å². The zero-order valence-corrected chi connectivity index (χ0v) is 11.9. The number of carbonyl (C=O) groups is 1. The maximum Gasteiger partial charge on any atom is 0.465 e. The summed E-state index contributed by atoms with van der Waals surface area (Å²) in [7, 11) is 0. The van der Waals surface area contributed by atoms with Crippen LogP contribution >= 0.6 is 0 Å². The fraction of sp³-hybridized carbons (Fsp3) is 0.600. The second-order valence-corrected chi connectivity index (χ2v) is 1.64. The van der Waals surface area contributed by atoms with Crippen LogP contribution in [-0.2, 0) is 51.6 Å². The standard InChI is InChI=1S/C5H8FO3.2W/c1-4(2)8-3-9-5(6)7;;/h3-4H,1-2H3;;/q-1;;. The molecular weight excluding hydrogens is 495 g/mol. The topological polar surface area (TPSA) is 35.5 Å². The molecule has 6 heteroatoms. The van der Waals surface area contributed by atoms with E-state index in [2.05, 4.69) is 9.47 Å². The van der Waals surface area contributed by atoms with Gasteiger partial charge in [0.05, 0.1) is 0 Å². The molecule has 0 fully saturated rings. The Balaban J connectivity index is -0.000000320. The molecule has 0 saturated heterocycles. The van der Waals surface area contributed by atoms with Gasteiger partial charge in [-0.15, -0.1) is 4.39 Å². The Hall–Kier alpha value is 0.737. The Morgan fingerprint density at radius 2 is 1.91 bits per heavy atom. The molecule has 0 amide bonds. The van der Waals surface area contributed by atoms with Crippen LogP contribution in [0.4, 0.5) is 9.18 Å². The number of carbonyl (C=O) groups excluding carboxylic acids is 1. The van der Waals surface area contributed by atoms with Gasteiger partial charge in [-0.05, 0) is 20.6 Å². The molecule has 0 radical (unpaired) electrons. The van der Waals surface area contributed by atoms with Gasteiger partial charge in [0.15, 0.2) is 0 Å². The third kappa shape index (κ3) is 18.1. The zero-order chi connectivity index (χ0) is 7.28. The van der Waals surface area contributed by atoms with E-state index in [1.165, 1.54) is 0 Å². The van der Waals surface area contributed by atoms with Gasteiger partial charge in [0.25, 0.3) is 0 Å². The van der Waals surface area contributed by atoms with Crippen molar-refractivity contribution < 1.29 is 60.8 Å². The van der Waals surface area contributed by atoms with Crippen molar-refractivity contribution in [3.05, 3.63) is 6.79 Å². The Bertz CT molecular complexity index is 99.7. The summed E-state index contributed by atoms with van der Waals surface area (Å²) in [6.45, 7) is 4.12. The molecule has 0 aromatic rings. The van der Waals surface area contributed by atoms with Gasteiger partial charge < -0.3 is 9.47 Å². The van der Waals surface area contributed by atoms with E-state index >= 15 is 0 Å². The minimum absolute atomic E-state index is 0. The van der Waals surface area contributed by atoms with Crippen molar-refractivity contribution in [2.24, 2.45) is 0 Å². The van der Waals surface area contributed by atoms with Crippen LogP contribution in [0, 0.1) is 6.79 Å². The minimum Gasteiger partial charge on any atom is -0.585 e. The smallest absolute Gasteiger partial charge is 0.465 e. The normalized spacial score (nSPS) is 8.00. The van der Waals surface area contributed by atoms with E-state index in [9.17, 15) is 9.18 Å². The first-order valence-electron chi connectivity index (χ1n) is 2.46. The minimum atomic E-state index is -1.87. The van der Waals surface area contributed by atoms with Crippen LogP contribution in [0.15, 0.2) is 0 Å². The molecule has 0 aliphatic carbocycles.